The Balaban J connectivity index is 3.56. The Morgan fingerprint density at radius 3 is 1.84 bits per heavy atom. The molecule has 1 unspecified atom stereocenters. The summed E-state index contributed by atoms with van der Waals surface area (Å²) in [5, 5.41) is 11.4. The molecule has 0 N–H and O–H groups in total. The highest BCUT2D eigenvalue weighted by molar-refractivity contribution is 5.59. The van der Waals surface area contributed by atoms with Crippen LogP contribution in [-0.2, 0) is 4.74 Å². The Bertz CT molecular complexity index is 507. The summed E-state index contributed by atoms with van der Waals surface area (Å²) in [6, 6.07) is 0. The maximum atomic E-state index is 11.4. The molecule has 0 saturated heterocycles. The molecule has 0 aliphatic carbocycles. The highest BCUT2D eigenvalue weighted by atomic mass is 16.6. The highest BCUT2D eigenvalue weighted by Crippen LogP contribution is 2.37. The Morgan fingerprint density at radius 2 is 1.42 bits per heavy atom. The molecule has 4 heteroatoms. The van der Waals surface area contributed by atoms with E-state index in [0.29, 0.717) is 5.56 Å². The van der Waals surface area contributed by atoms with Crippen LogP contribution in [0.3, 0.4) is 0 Å². The fraction of sp³-hybridized carbons (Fsp3) is 0.600. The zero-order valence-corrected chi connectivity index (χ0v) is 12.8. The van der Waals surface area contributed by atoms with Crippen LogP contribution in [0.4, 0.5) is 5.69 Å². The number of nitrogens with zero attached hydrogens (tertiary/aromatic N) is 1. The fourth-order valence-electron chi connectivity index (χ4n) is 2.53. The summed E-state index contributed by atoms with van der Waals surface area (Å²) in [6.07, 6.45) is -0.241. The van der Waals surface area contributed by atoms with Gasteiger partial charge in [0.25, 0.3) is 5.69 Å². The molecule has 0 aliphatic rings. The van der Waals surface area contributed by atoms with E-state index >= 15 is 0 Å². The van der Waals surface area contributed by atoms with Gasteiger partial charge in [-0.15, -0.1) is 0 Å². The summed E-state index contributed by atoms with van der Waals surface area (Å²) >= 11 is 0. The van der Waals surface area contributed by atoms with Gasteiger partial charge in [-0.2, -0.15) is 0 Å². The molecule has 0 aliphatic heterocycles. The Hall–Kier alpha value is -1.42. The highest BCUT2D eigenvalue weighted by Gasteiger charge is 2.28. The minimum absolute atomic E-state index is 0.0379. The minimum Gasteiger partial charge on any atom is -0.371 e. The van der Waals surface area contributed by atoms with Crippen molar-refractivity contribution in [3.05, 3.63) is 37.9 Å². The molecule has 106 valence electrons. The maximum absolute atomic E-state index is 11.4. The summed E-state index contributed by atoms with van der Waals surface area (Å²) in [6.45, 7) is 13.4. The third-order valence-corrected chi connectivity index (χ3v) is 3.77. The quantitative estimate of drug-likeness (QED) is 0.602. The molecule has 0 fully saturated rings. The molecule has 0 spiro atoms. The molecule has 1 aromatic rings. The molecule has 1 aromatic carbocycles. The number of hydrogen-bond acceptors (Lipinski definition) is 3. The van der Waals surface area contributed by atoms with Crippen LogP contribution in [0.25, 0.3) is 0 Å². The van der Waals surface area contributed by atoms with Gasteiger partial charge in [0.05, 0.1) is 22.7 Å². The van der Waals surface area contributed by atoms with Crippen LogP contribution in [0.2, 0.25) is 0 Å². The molecule has 19 heavy (non-hydrogen) atoms. The largest absolute Gasteiger partial charge is 0.371 e. The average molecular weight is 265 g/mol. The average Bonchev–Trinajstić information content (AvgIpc) is 2.29. The van der Waals surface area contributed by atoms with Crippen molar-refractivity contribution in [1.82, 2.24) is 0 Å². The maximum Gasteiger partial charge on any atom is 0.278 e. The van der Waals surface area contributed by atoms with Gasteiger partial charge < -0.3 is 4.74 Å². The molecule has 0 bridgehead atoms. The Labute approximate surface area is 114 Å². The topological polar surface area (TPSA) is 52.4 Å². The van der Waals surface area contributed by atoms with Crippen molar-refractivity contribution < 1.29 is 9.66 Å². The zero-order valence-electron chi connectivity index (χ0n) is 12.8. The number of hydrogen-bond donors (Lipinski definition) is 0. The van der Waals surface area contributed by atoms with Gasteiger partial charge in [-0.3, -0.25) is 10.1 Å². The lowest BCUT2D eigenvalue weighted by atomic mass is 9.90. The van der Waals surface area contributed by atoms with E-state index in [0.717, 1.165) is 22.3 Å². The first-order chi connectivity index (χ1) is 8.68. The van der Waals surface area contributed by atoms with Gasteiger partial charge in [0.15, 0.2) is 0 Å². The second kappa shape index (κ2) is 5.70. The van der Waals surface area contributed by atoms with Crippen molar-refractivity contribution in [1.29, 1.82) is 0 Å². The van der Waals surface area contributed by atoms with Crippen molar-refractivity contribution >= 4 is 5.69 Å². The Morgan fingerprint density at radius 1 is 0.947 bits per heavy atom. The van der Waals surface area contributed by atoms with Crippen molar-refractivity contribution in [3.63, 3.8) is 0 Å². The van der Waals surface area contributed by atoms with E-state index in [-0.39, 0.29) is 22.8 Å². The van der Waals surface area contributed by atoms with Gasteiger partial charge in [-0.25, -0.2) is 0 Å². The lowest BCUT2D eigenvalue weighted by Gasteiger charge is -2.22. The number of benzene rings is 1. The summed E-state index contributed by atoms with van der Waals surface area (Å²) in [7, 11) is 0. The van der Waals surface area contributed by atoms with Crippen molar-refractivity contribution in [2.24, 2.45) is 0 Å². The van der Waals surface area contributed by atoms with E-state index in [4.69, 9.17) is 4.74 Å². The van der Waals surface area contributed by atoms with Gasteiger partial charge in [0, 0.05) is 5.56 Å². The van der Waals surface area contributed by atoms with Crippen LogP contribution in [0.1, 0.15) is 54.7 Å². The lowest BCUT2D eigenvalue weighted by molar-refractivity contribution is -0.386. The number of nitro groups is 1. The molecule has 1 atom stereocenters. The monoisotopic (exact) mass is 265 g/mol. The first kappa shape index (κ1) is 15.6. The van der Waals surface area contributed by atoms with Crippen LogP contribution in [0.5, 0.6) is 0 Å². The molecule has 0 saturated carbocycles. The van der Waals surface area contributed by atoms with Crippen molar-refractivity contribution in [3.8, 4) is 0 Å². The van der Waals surface area contributed by atoms with Crippen LogP contribution >= 0.6 is 0 Å². The molecule has 0 aromatic heterocycles. The van der Waals surface area contributed by atoms with E-state index in [2.05, 4.69) is 0 Å². The van der Waals surface area contributed by atoms with E-state index < -0.39 is 0 Å². The van der Waals surface area contributed by atoms with Gasteiger partial charge >= 0.3 is 0 Å². The third kappa shape index (κ3) is 2.95. The predicted molar refractivity (Wildman–Crippen MR) is 76.7 cm³/mol. The standard InChI is InChI=1S/C15H23NO3/c1-8(2)19-13(7)14-11(5)9(3)10(4)12(6)15(14)16(17)18/h8,13H,1-7H3. The molecular weight excluding hydrogens is 242 g/mol. The van der Waals surface area contributed by atoms with E-state index in [1.807, 2.05) is 48.5 Å². The third-order valence-electron chi connectivity index (χ3n) is 3.77. The first-order valence-electron chi connectivity index (χ1n) is 6.58. The lowest BCUT2D eigenvalue weighted by Crippen LogP contribution is -2.13. The molecule has 1 rings (SSSR count). The van der Waals surface area contributed by atoms with Crippen LogP contribution in [0.15, 0.2) is 0 Å². The van der Waals surface area contributed by atoms with E-state index in [1.54, 1.807) is 0 Å². The molecular formula is C15H23NO3. The number of ether oxygens (including phenoxy) is 1. The summed E-state index contributed by atoms with van der Waals surface area (Å²) < 4.78 is 5.75. The summed E-state index contributed by atoms with van der Waals surface area (Å²) in [4.78, 5) is 11.1. The van der Waals surface area contributed by atoms with Gasteiger partial charge in [-0.1, -0.05) is 0 Å². The van der Waals surface area contributed by atoms with Gasteiger partial charge in [0.1, 0.15) is 0 Å². The van der Waals surface area contributed by atoms with Crippen LogP contribution < -0.4 is 0 Å². The molecule has 0 amide bonds. The van der Waals surface area contributed by atoms with Gasteiger partial charge in [-0.05, 0) is 65.2 Å². The normalized spacial score (nSPS) is 12.8. The SMILES string of the molecule is Cc1c(C)c(C)c([N+](=O)[O-])c(C(C)OC(C)C)c1C. The fourth-order valence-corrected chi connectivity index (χ4v) is 2.53. The van der Waals surface area contributed by atoms with Crippen LogP contribution in [-0.4, -0.2) is 11.0 Å². The van der Waals surface area contributed by atoms with Crippen molar-refractivity contribution in [2.45, 2.75) is 60.7 Å². The van der Waals surface area contributed by atoms with Crippen LogP contribution in [0, 0.1) is 37.8 Å². The van der Waals surface area contributed by atoms with E-state index in [9.17, 15) is 10.1 Å². The molecule has 4 nitrogen and oxygen atoms in total. The summed E-state index contributed by atoms with van der Waals surface area (Å²) in [5.41, 5.74) is 4.71. The predicted octanol–water partition coefficient (Wildman–Crippen LogP) is 4.31. The molecule has 0 heterocycles. The second-order valence-electron chi connectivity index (χ2n) is 5.35. The zero-order chi connectivity index (χ0) is 14.9. The number of rotatable bonds is 4. The Kier molecular flexibility index (Phi) is 4.69. The second-order valence-corrected chi connectivity index (χ2v) is 5.35. The van der Waals surface area contributed by atoms with E-state index in [1.165, 1.54) is 0 Å². The summed E-state index contributed by atoms with van der Waals surface area (Å²) in [5.74, 6) is 0. The minimum atomic E-state index is -0.287. The molecule has 0 radical (unpaired) electrons. The number of nitro benzene ring substituents is 1. The van der Waals surface area contributed by atoms with Crippen molar-refractivity contribution in [2.75, 3.05) is 0 Å². The first-order valence-corrected chi connectivity index (χ1v) is 6.58. The smallest absolute Gasteiger partial charge is 0.278 e. The van der Waals surface area contributed by atoms with Gasteiger partial charge in [0.2, 0.25) is 0 Å².